The van der Waals surface area contributed by atoms with Crippen LogP contribution in [0, 0.1) is 27.6 Å². The van der Waals surface area contributed by atoms with Crippen molar-refractivity contribution in [3.63, 3.8) is 0 Å². The first-order chi connectivity index (χ1) is 24.6. The molecular weight excluding hydrogens is 647 g/mol. The van der Waals surface area contributed by atoms with Crippen LogP contribution < -0.4 is 0 Å². The predicted molar refractivity (Wildman–Crippen MR) is 231 cm³/mol. The third kappa shape index (κ3) is 21.0. The second-order valence-corrected chi connectivity index (χ2v) is 21.8. The molecule has 0 spiro atoms. The van der Waals surface area contributed by atoms with Crippen LogP contribution in [-0.4, -0.2) is 72.8 Å². The molecule has 4 rings (SSSR count). The minimum atomic E-state index is 0.330. The average molecular weight is 730 g/mol. The lowest BCUT2D eigenvalue weighted by molar-refractivity contribution is -0.120. The van der Waals surface area contributed by atoms with Gasteiger partial charge >= 0.3 is 0 Å². The van der Waals surface area contributed by atoms with E-state index in [1.807, 2.05) is 0 Å². The van der Waals surface area contributed by atoms with Crippen molar-refractivity contribution in [2.24, 2.45) is 27.6 Å². The van der Waals surface area contributed by atoms with E-state index in [0.29, 0.717) is 34.0 Å². The van der Waals surface area contributed by atoms with E-state index in [0.717, 1.165) is 64.3 Å². The van der Waals surface area contributed by atoms with E-state index >= 15 is 0 Å². The van der Waals surface area contributed by atoms with Crippen LogP contribution in [0.25, 0.3) is 0 Å². The van der Waals surface area contributed by atoms with Crippen LogP contribution in [0.15, 0.2) is 48.5 Å². The molecule has 0 amide bonds. The van der Waals surface area contributed by atoms with Crippen molar-refractivity contribution in [1.29, 1.82) is 0 Å². The first-order valence-electron chi connectivity index (χ1n) is 21.5. The number of ketones is 1. The van der Waals surface area contributed by atoms with E-state index in [9.17, 15) is 4.79 Å². The summed E-state index contributed by atoms with van der Waals surface area (Å²) in [7, 11) is 0. The monoisotopic (exact) mass is 730 g/mol. The number of carbonyl (C=O) groups is 1. The van der Waals surface area contributed by atoms with Gasteiger partial charge in [0.1, 0.15) is 5.78 Å². The Morgan fingerprint density at radius 2 is 0.962 bits per heavy atom. The molecular formula is C49H83N3O. The van der Waals surface area contributed by atoms with Crippen LogP contribution in [0.4, 0.5) is 0 Å². The highest BCUT2D eigenvalue weighted by molar-refractivity contribution is 5.80. The second-order valence-electron chi connectivity index (χ2n) is 21.8. The third-order valence-electron chi connectivity index (χ3n) is 10.8. The van der Waals surface area contributed by atoms with Gasteiger partial charge in [0.05, 0.1) is 6.54 Å². The summed E-state index contributed by atoms with van der Waals surface area (Å²) < 4.78 is 0. The first kappa shape index (κ1) is 45.4. The molecule has 4 heteroatoms. The van der Waals surface area contributed by atoms with Gasteiger partial charge < -0.3 is 4.90 Å². The van der Waals surface area contributed by atoms with E-state index in [2.05, 4.69) is 146 Å². The molecule has 0 aromatic heterocycles. The van der Waals surface area contributed by atoms with Gasteiger partial charge in [0.15, 0.2) is 0 Å². The van der Waals surface area contributed by atoms with Crippen LogP contribution in [-0.2, 0) is 30.6 Å². The maximum absolute atomic E-state index is 12.2. The summed E-state index contributed by atoms with van der Waals surface area (Å²) in [6, 6.07) is 18.6. The van der Waals surface area contributed by atoms with Crippen molar-refractivity contribution in [2.45, 2.75) is 154 Å². The lowest BCUT2D eigenvalue weighted by atomic mass is 9.86. The molecule has 0 saturated carbocycles. The Morgan fingerprint density at radius 1 is 0.528 bits per heavy atom. The standard InChI is InChI=1S/C25H42N2O.C24H41N/c1-24(2,3)13-7-8-23(28)20-27-16-14-26(15-17-27)19-22-11-9-21(10-12-22)18-25(4,5)6;1-23(2,3)14-7-15-25-16-12-21(13-17-25)18-20-8-10-22(11-9-20)19-24(4,5)6/h9-12H,7-8,13-20H2,1-6H3;8-11,21H,7,12-19H2,1-6H3. The second kappa shape index (κ2) is 20.8. The smallest absolute Gasteiger partial charge is 0.146 e. The molecule has 0 N–H and O–H groups in total. The Morgan fingerprint density at radius 3 is 1.43 bits per heavy atom. The van der Waals surface area contributed by atoms with Crippen LogP contribution in [0.2, 0.25) is 0 Å². The largest absolute Gasteiger partial charge is 0.303 e. The van der Waals surface area contributed by atoms with E-state index in [4.69, 9.17) is 0 Å². The van der Waals surface area contributed by atoms with Crippen molar-refractivity contribution in [1.82, 2.24) is 14.7 Å². The highest BCUT2D eigenvalue weighted by atomic mass is 16.1. The number of hydrogen-bond acceptors (Lipinski definition) is 4. The number of piperidine rings is 1. The molecule has 300 valence electrons. The van der Waals surface area contributed by atoms with E-state index in [1.54, 1.807) is 0 Å². The number of rotatable bonds is 14. The number of Topliss-reactive ketones (excluding diaryl/α,β-unsaturated/α-hetero) is 1. The fraction of sp³-hybridized carbons (Fsp3) is 0.735. The number of likely N-dealkylation sites (tertiary alicyclic amines) is 1. The fourth-order valence-corrected chi connectivity index (χ4v) is 7.87. The van der Waals surface area contributed by atoms with Gasteiger partial charge in [0.2, 0.25) is 0 Å². The summed E-state index contributed by atoms with van der Waals surface area (Å²) in [5.74, 6) is 1.29. The SMILES string of the molecule is CC(C)(C)CCCC(=O)CN1CCN(Cc2ccc(CC(C)(C)C)cc2)CC1.CC(C)(C)CCCN1CCC(Cc2ccc(CC(C)(C)C)cc2)CC1. The van der Waals surface area contributed by atoms with Gasteiger partial charge in [-0.05, 0) is 127 Å². The van der Waals surface area contributed by atoms with Crippen molar-refractivity contribution in [3.8, 4) is 0 Å². The zero-order chi connectivity index (χ0) is 39.3. The molecule has 2 aromatic carbocycles. The first-order valence-corrected chi connectivity index (χ1v) is 21.5. The normalized spacial score (nSPS) is 17.4. The molecule has 0 unspecified atom stereocenters. The van der Waals surface area contributed by atoms with Crippen LogP contribution in [0.3, 0.4) is 0 Å². The molecule has 2 heterocycles. The van der Waals surface area contributed by atoms with Crippen molar-refractivity contribution in [2.75, 3.05) is 52.4 Å². The Labute approximate surface area is 328 Å². The summed E-state index contributed by atoms with van der Waals surface area (Å²) >= 11 is 0. The molecule has 4 nitrogen and oxygen atoms in total. The quantitative estimate of drug-likeness (QED) is 0.193. The Bertz CT molecular complexity index is 1300. The molecule has 2 aliphatic rings. The highest BCUT2D eigenvalue weighted by Crippen LogP contribution is 2.26. The van der Waals surface area contributed by atoms with Crippen LogP contribution >= 0.6 is 0 Å². The number of benzene rings is 2. The van der Waals surface area contributed by atoms with Crippen molar-refractivity contribution in [3.05, 3.63) is 70.8 Å². The summed E-state index contributed by atoms with van der Waals surface area (Å²) in [4.78, 5) is 19.8. The van der Waals surface area contributed by atoms with Gasteiger partial charge in [0.25, 0.3) is 0 Å². The zero-order valence-corrected chi connectivity index (χ0v) is 36.9. The molecule has 0 bridgehead atoms. The average Bonchev–Trinajstić information content (AvgIpc) is 3.02. The van der Waals surface area contributed by atoms with Gasteiger partial charge in [-0.15, -0.1) is 0 Å². The van der Waals surface area contributed by atoms with E-state index in [1.165, 1.54) is 80.4 Å². The number of piperazine rings is 1. The minimum Gasteiger partial charge on any atom is -0.303 e. The molecule has 2 saturated heterocycles. The molecule has 0 radical (unpaired) electrons. The van der Waals surface area contributed by atoms with Crippen molar-refractivity contribution >= 4 is 5.78 Å². The van der Waals surface area contributed by atoms with E-state index in [-0.39, 0.29) is 0 Å². The number of hydrogen-bond donors (Lipinski definition) is 0. The molecule has 0 atom stereocenters. The maximum atomic E-state index is 12.2. The van der Waals surface area contributed by atoms with Crippen LogP contribution in [0.5, 0.6) is 0 Å². The van der Waals surface area contributed by atoms with Gasteiger partial charge in [-0.25, -0.2) is 0 Å². The summed E-state index contributed by atoms with van der Waals surface area (Å²) in [6.45, 7) is 37.3. The molecule has 0 aliphatic carbocycles. The summed E-state index contributed by atoms with van der Waals surface area (Å²) in [5, 5.41) is 0. The molecule has 53 heavy (non-hydrogen) atoms. The summed E-state index contributed by atoms with van der Waals surface area (Å²) in [6.07, 6.45) is 11.9. The lowest BCUT2D eigenvalue weighted by Crippen LogP contribution is -2.47. The topological polar surface area (TPSA) is 26.8 Å². The Kier molecular flexibility index (Phi) is 17.8. The highest BCUT2D eigenvalue weighted by Gasteiger charge is 2.22. The number of carbonyl (C=O) groups excluding carboxylic acids is 1. The Balaban J connectivity index is 0.000000287. The lowest BCUT2D eigenvalue weighted by Gasteiger charge is -2.34. The van der Waals surface area contributed by atoms with Gasteiger partial charge in [-0.3, -0.25) is 14.6 Å². The zero-order valence-electron chi connectivity index (χ0n) is 36.9. The van der Waals surface area contributed by atoms with Gasteiger partial charge in [-0.2, -0.15) is 0 Å². The van der Waals surface area contributed by atoms with Gasteiger partial charge in [0, 0.05) is 39.1 Å². The van der Waals surface area contributed by atoms with E-state index < -0.39 is 0 Å². The molecule has 2 aliphatic heterocycles. The van der Waals surface area contributed by atoms with Crippen molar-refractivity contribution < 1.29 is 4.79 Å². The molecule has 2 aromatic rings. The Hall–Kier alpha value is -2.01. The van der Waals surface area contributed by atoms with Gasteiger partial charge in [-0.1, -0.05) is 132 Å². The fourth-order valence-electron chi connectivity index (χ4n) is 7.87. The minimum absolute atomic E-state index is 0.330. The third-order valence-corrected chi connectivity index (χ3v) is 10.8. The molecule has 2 fully saturated rings. The maximum Gasteiger partial charge on any atom is 0.146 e. The summed E-state index contributed by atoms with van der Waals surface area (Å²) in [5.41, 5.74) is 7.35. The predicted octanol–water partition coefficient (Wildman–Crippen LogP) is 11.5. The van der Waals surface area contributed by atoms with Crippen LogP contribution in [0.1, 0.15) is 150 Å². The number of nitrogens with zero attached hydrogens (tertiary/aromatic N) is 3.